The molecule has 0 bridgehead atoms. The molecule has 1 amide bonds. The molecule has 1 aliphatic heterocycles. The van der Waals surface area contributed by atoms with Crippen molar-refractivity contribution in [2.75, 3.05) is 11.9 Å². The van der Waals surface area contributed by atoms with E-state index >= 15 is 0 Å². The molecule has 1 unspecified atom stereocenters. The van der Waals surface area contributed by atoms with E-state index in [1.54, 1.807) is 0 Å². The highest BCUT2D eigenvalue weighted by Gasteiger charge is 2.45. The van der Waals surface area contributed by atoms with Crippen LogP contribution in [0.5, 0.6) is 0 Å². The Balaban J connectivity index is 1.77. The number of anilines is 1. The molecule has 1 atom stereocenters. The van der Waals surface area contributed by atoms with E-state index in [-0.39, 0.29) is 29.8 Å². The molecule has 1 aliphatic rings. The summed E-state index contributed by atoms with van der Waals surface area (Å²) >= 11 is 0. The minimum Gasteiger partial charge on any atom is -0.322 e. The van der Waals surface area contributed by atoms with Gasteiger partial charge in [0.05, 0.1) is 17.4 Å². The van der Waals surface area contributed by atoms with Gasteiger partial charge in [-0.3, -0.25) is 9.78 Å². The molecule has 36 heavy (non-hydrogen) atoms. The van der Waals surface area contributed by atoms with Crippen LogP contribution in [0.1, 0.15) is 38.9 Å². The van der Waals surface area contributed by atoms with Gasteiger partial charge in [-0.1, -0.05) is 12.1 Å². The van der Waals surface area contributed by atoms with Crippen molar-refractivity contribution in [1.29, 1.82) is 0 Å². The SMILES string of the molecule is O=C(Nc1ccnc(C(F)(F)F)c1)c1cnn(-c2cccc3c2CCNC3C(F)(F)F)c1C(F)(F)F. The molecule has 3 heterocycles. The van der Waals surface area contributed by atoms with Crippen molar-refractivity contribution in [1.82, 2.24) is 20.1 Å². The van der Waals surface area contributed by atoms with Crippen molar-refractivity contribution in [3.05, 3.63) is 70.8 Å². The zero-order valence-electron chi connectivity index (χ0n) is 17.7. The fourth-order valence-corrected chi connectivity index (χ4v) is 3.91. The average Bonchev–Trinajstić information content (AvgIpc) is 3.23. The number of nitrogens with one attached hydrogen (secondary N) is 2. The van der Waals surface area contributed by atoms with Crippen molar-refractivity contribution >= 4 is 11.6 Å². The van der Waals surface area contributed by atoms with Crippen LogP contribution in [-0.4, -0.2) is 33.4 Å². The van der Waals surface area contributed by atoms with Crippen LogP contribution in [0.3, 0.4) is 0 Å². The van der Waals surface area contributed by atoms with Gasteiger partial charge < -0.3 is 10.6 Å². The van der Waals surface area contributed by atoms with Gasteiger partial charge in [0.2, 0.25) is 0 Å². The monoisotopic (exact) mass is 523 g/mol. The largest absolute Gasteiger partial charge is 0.434 e. The highest BCUT2D eigenvalue weighted by molar-refractivity contribution is 6.05. The maximum absolute atomic E-state index is 14.1. The van der Waals surface area contributed by atoms with Crippen molar-refractivity contribution in [2.24, 2.45) is 0 Å². The Morgan fingerprint density at radius 3 is 2.39 bits per heavy atom. The Kier molecular flexibility index (Phi) is 6.22. The molecule has 15 heteroatoms. The average molecular weight is 523 g/mol. The normalized spacial score (nSPS) is 16.5. The summed E-state index contributed by atoms with van der Waals surface area (Å²) in [5.41, 5.74) is -5.11. The fourth-order valence-electron chi connectivity index (χ4n) is 3.91. The number of carbonyl (C=O) groups excluding carboxylic acids is 1. The summed E-state index contributed by atoms with van der Waals surface area (Å²) in [6.45, 7) is -0.173. The first-order chi connectivity index (χ1) is 16.7. The van der Waals surface area contributed by atoms with Crippen molar-refractivity contribution in [3.63, 3.8) is 0 Å². The number of benzene rings is 1. The molecule has 3 aromatic rings. The summed E-state index contributed by atoms with van der Waals surface area (Å²) < 4.78 is 121. The number of alkyl halides is 9. The first kappa shape index (κ1) is 25.5. The second-order valence-electron chi connectivity index (χ2n) is 7.72. The van der Waals surface area contributed by atoms with Gasteiger partial charge in [-0.2, -0.15) is 44.6 Å². The molecule has 0 spiro atoms. The number of hydrogen-bond acceptors (Lipinski definition) is 4. The summed E-state index contributed by atoms with van der Waals surface area (Å²) in [5.74, 6) is -1.42. The van der Waals surface area contributed by atoms with Gasteiger partial charge in [0, 0.05) is 18.4 Å². The summed E-state index contributed by atoms with van der Waals surface area (Å²) in [5, 5.41) is 7.83. The number of pyridine rings is 1. The molecule has 0 saturated heterocycles. The van der Waals surface area contributed by atoms with Gasteiger partial charge in [-0.15, -0.1) is 0 Å². The van der Waals surface area contributed by atoms with Crippen molar-refractivity contribution in [3.8, 4) is 5.69 Å². The molecular weight excluding hydrogens is 509 g/mol. The lowest BCUT2D eigenvalue weighted by Crippen LogP contribution is -2.39. The van der Waals surface area contributed by atoms with Crippen LogP contribution in [-0.2, 0) is 18.8 Å². The Hall–Kier alpha value is -3.62. The van der Waals surface area contributed by atoms with Gasteiger partial charge in [0.15, 0.2) is 5.69 Å². The second kappa shape index (κ2) is 8.80. The fraction of sp³-hybridized carbons (Fsp3) is 0.286. The number of halogens is 9. The van der Waals surface area contributed by atoms with Gasteiger partial charge in [-0.25, -0.2) is 4.68 Å². The first-order valence-electron chi connectivity index (χ1n) is 10.1. The predicted octanol–water partition coefficient (Wildman–Crippen LogP) is 5.31. The first-order valence-corrected chi connectivity index (χ1v) is 10.1. The van der Waals surface area contributed by atoms with Crippen LogP contribution < -0.4 is 10.6 Å². The van der Waals surface area contributed by atoms with E-state index < -0.39 is 53.1 Å². The van der Waals surface area contributed by atoms with E-state index in [0.717, 1.165) is 24.3 Å². The second-order valence-corrected chi connectivity index (χ2v) is 7.72. The third kappa shape index (κ3) is 4.87. The maximum atomic E-state index is 14.1. The molecule has 4 rings (SSSR count). The number of aromatic nitrogens is 3. The Bertz CT molecular complexity index is 1290. The lowest BCUT2D eigenvalue weighted by molar-refractivity contribution is -0.159. The van der Waals surface area contributed by atoms with Gasteiger partial charge >= 0.3 is 18.5 Å². The summed E-state index contributed by atoms with van der Waals surface area (Å²) in [7, 11) is 0. The van der Waals surface area contributed by atoms with Crippen LogP contribution in [0, 0.1) is 0 Å². The summed E-state index contributed by atoms with van der Waals surface area (Å²) in [6, 6.07) is 2.69. The third-order valence-corrected chi connectivity index (χ3v) is 5.37. The zero-order chi connectivity index (χ0) is 26.5. The van der Waals surface area contributed by atoms with Crippen LogP contribution in [0.2, 0.25) is 0 Å². The molecule has 6 nitrogen and oxygen atoms in total. The topological polar surface area (TPSA) is 71.8 Å². The van der Waals surface area contributed by atoms with E-state index in [2.05, 4.69) is 15.4 Å². The standard InChI is InChI=1S/C21H14F9N5O/c22-19(23,24)15-8-10(4-6-31-15)34-18(36)13-9-33-35(17(13)21(28,29)30)14-3-1-2-12-11(14)5-7-32-16(12)20(25,26)27/h1-4,6,8-9,16,32H,5,7H2,(H,31,34,36). The number of nitrogens with zero attached hydrogens (tertiary/aromatic N) is 3. The molecule has 1 aromatic carbocycles. The number of hydrogen-bond donors (Lipinski definition) is 2. The number of amides is 1. The van der Waals surface area contributed by atoms with E-state index in [1.807, 2.05) is 5.32 Å². The molecular formula is C21H14F9N5O. The van der Waals surface area contributed by atoms with E-state index in [4.69, 9.17) is 0 Å². The smallest absolute Gasteiger partial charge is 0.322 e. The quantitative estimate of drug-likeness (QED) is 0.457. The molecule has 0 fully saturated rings. The third-order valence-electron chi connectivity index (χ3n) is 5.37. The van der Waals surface area contributed by atoms with Gasteiger partial charge in [0.1, 0.15) is 11.7 Å². The van der Waals surface area contributed by atoms with E-state index in [1.165, 1.54) is 0 Å². The lowest BCUT2D eigenvalue weighted by Gasteiger charge is -2.30. The van der Waals surface area contributed by atoms with Gasteiger partial charge in [-0.05, 0) is 35.7 Å². The Morgan fingerprint density at radius 1 is 1.03 bits per heavy atom. The van der Waals surface area contributed by atoms with Crippen molar-refractivity contribution in [2.45, 2.75) is 31.0 Å². The minimum absolute atomic E-state index is 0.0388. The summed E-state index contributed by atoms with van der Waals surface area (Å²) in [6.07, 6.45) is -13.6. The molecule has 0 saturated carbocycles. The predicted molar refractivity (Wildman–Crippen MR) is 106 cm³/mol. The van der Waals surface area contributed by atoms with Crippen LogP contribution in [0.25, 0.3) is 5.69 Å². The van der Waals surface area contributed by atoms with Crippen LogP contribution in [0.4, 0.5) is 45.2 Å². The van der Waals surface area contributed by atoms with Crippen molar-refractivity contribution < 1.29 is 44.3 Å². The molecule has 0 radical (unpaired) electrons. The number of carbonyl (C=O) groups is 1. The summed E-state index contributed by atoms with van der Waals surface area (Å²) in [4.78, 5) is 15.7. The van der Waals surface area contributed by atoms with Crippen LogP contribution in [0.15, 0.2) is 42.7 Å². The molecule has 0 aliphatic carbocycles. The molecule has 2 aromatic heterocycles. The number of fused-ring (bicyclic) bond motifs is 1. The van der Waals surface area contributed by atoms with Crippen LogP contribution >= 0.6 is 0 Å². The van der Waals surface area contributed by atoms with E-state index in [0.29, 0.717) is 23.1 Å². The zero-order valence-corrected chi connectivity index (χ0v) is 17.7. The minimum atomic E-state index is -5.20. The van der Waals surface area contributed by atoms with E-state index in [9.17, 15) is 44.3 Å². The highest BCUT2D eigenvalue weighted by atomic mass is 19.4. The lowest BCUT2D eigenvalue weighted by atomic mass is 9.92. The highest BCUT2D eigenvalue weighted by Crippen LogP contribution is 2.40. The maximum Gasteiger partial charge on any atom is 0.434 e. The Labute approximate surface area is 196 Å². The molecule has 2 N–H and O–H groups in total. The molecule has 192 valence electrons. The van der Waals surface area contributed by atoms with Gasteiger partial charge in [0.25, 0.3) is 5.91 Å². The Morgan fingerprint density at radius 2 is 1.75 bits per heavy atom. The number of rotatable bonds is 3.